The Morgan fingerprint density at radius 2 is 2.00 bits per heavy atom. The van der Waals surface area contributed by atoms with E-state index in [1.54, 1.807) is 12.1 Å². The fourth-order valence-electron chi connectivity index (χ4n) is 2.37. The molecule has 0 spiro atoms. The van der Waals surface area contributed by atoms with Crippen LogP contribution in [0.4, 0.5) is 5.69 Å². The summed E-state index contributed by atoms with van der Waals surface area (Å²) in [5.74, 6) is 0.529. The number of aromatic amines is 1. The summed E-state index contributed by atoms with van der Waals surface area (Å²) in [7, 11) is 0. The highest BCUT2D eigenvalue weighted by Crippen LogP contribution is 2.15. The zero-order chi connectivity index (χ0) is 16.8. The molecule has 0 unspecified atom stereocenters. The number of hydrogen-bond acceptors (Lipinski definition) is 4. The van der Waals surface area contributed by atoms with Gasteiger partial charge < -0.3 is 10.6 Å². The van der Waals surface area contributed by atoms with E-state index in [4.69, 9.17) is 0 Å². The molecule has 1 aromatic heterocycles. The van der Waals surface area contributed by atoms with Gasteiger partial charge in [-0.2, -0.15) is 5.10 Å². The molecule has 0 fully saturated rings. The lowest BCUT2D eigenvalue weighted by atomic mass is 10.1. The van der Waals surface area contributed by atoms with Crippen molar-refractivity contribution in [1.82, 2.24) is 20.5 Å². The Labute approximate surface area is 140 Å². The lowest BCUT2D eigenvalue weighted by Gasteiger charge is -2.16. The van der Waals surface area contributed by atoms with Crippen molar-refractivity contribution in [3.8, 4) is 11.4 Å². The Hall–Kier alpha value is -3.15. The van der Waals surface area contributed by atoms with Gasteiger partial charge >= 0.3 is 0 Å². The zero-order valence-electron chi connectivity index (χ0n) is 13.4. The minimum Gasteiger partial charge on any atom is -0.381 e. The molecule has 0 aliphatic carbocycles. The molecule has 0 bridgehead atoms. The van der Waals surface area contributed by atoms with Crippen molar-refractivity contribution in [3.05, 3.63) is 66.5 Å². The van der Waals surface area contributed by atoms with Gasteiger partial charge in [0.2, 0.25) is 0 Å². The SMILES string of the molecule is C[C@H](CNC(=O)c1cccc(-c2ncn[nH]2)c1)Nc1ccccc1. The van der Waals surface area contributed by atoms with Crippen LogP contribution >= 0.6 is 0 Å². The average molecular weight is 321 g/mol. The van der Waals surface area contributed by atoms with E-state index in [2.05, 4.69) is 25.8 Å². The number of benzene rings is 2. The number of H-pyrrole nitrogens is 1. The molecule has 6 heteroatoms. The van der Waals surface area contributed by atoms with E-state index in [1.807, 2.05) is 49.4 Å². The highest BCUT2D eigenvalue weighted by Gasteiger charge is 2.10. The highest BCUT2D eigenvalue weighted by atomic mass is 16.1. The van der Waals surface area contributed by atoms with Crippen LogP contribution in [0.25, 0.3) is 11.4 Å². The van der Waals surface area contributed by atoms with Crippen molar-refractivity contribution in [2.24, 2.45) is 0 Å². The Kier molecular flexibility index (Phi) is 4.86. The molecule has 1 heterocycles. The fourth-order valence-corrected chi connectivity index (χ4v) is 2.37. The third kappa shape index (κ3) is 3.98. The maximum atomic E-state index is 12.3. The van der Waals surface area contributed by atoms with Crippen LogP contribution in [0, 0.1) is 0 Å². The molecule has 122 valence electrons. The summed E-state index contributed by atoms with van der Waals surface area (Å²) in [6, 6.07) is 17.3. The molecule has 3 aromatic rings. The first-order valence-electron chi connectivity index (χ1n) is 7.78. The van der Waals surface area contributed by atoms with Gasteiger partial charge in [-0.3, -0.25) is 9.89 Å². The van der Waals surface area contributed by atoms with Gasteiger partial charge in [0.25, 0.3) is 5.91 Å². The maximum Gasteiger partial charge on any atom is 0.251 e. The van der Waals surface area contributed by atoms with Crippen molar-refractivity contribution >= 4 is 11.6 Å². The molecule has 0 aliphatic heterocycles. The minimum atomic E-state index is -0.113. The highest BCUT2D eigenvalue weighted by molar-refractivity contribution is 5.95. The summed E-state index contributed by atoms with van der Waals surface area (Å²) in [5.41, 5.74) is 2.46. The number of nitrogens with one attached hydrogen (secondary N) is 3. The van der Waals surface area contributed by atoms with Crippen LogP contribution < -0.4 is 10.6 Å². The van der Waals surface area contributed by atoms with Crippen LogP contribution in [-0.2, 0) is 0 Å². The number of nitrogens with zero attached hydrogens (tertiary/aromatic N) is 2. The van der Waals surface area contributed by atoms with E-state index in [0.29, 0.717) is 17.9 Å². The van der Waals surface area contributed by atoms with Crippen LogP contribution in [0.1, 0.15) is 17.3 Å². The molecule has 1 amide bonds. The Morgan fingerprint density at radius 1 is 1.17 bits per heavy atom. The van der Waals surface area contributed by atoms with Gasteiger partial charge in [0.1, 0.15) is 6.33 Å². The lowest BCUT2D eigenvalue weighted by Crippen LogP contribution is -2.34. The summed E-state index contributed by atoms with van der Waals surface area (Å²) >= 11 is 0. The van der Waals surface area contributed by atoms with E-state index in [1.165, 1.54) is 6.33 Å². The van der Waals surface area contributed by atoms with Crippen LogP contribution in [0.5, 0.6) is 0 Å². The van der Waals surface area contributed by atoms with Gasteiger partial charge in [-0.25, -0.2) is 4.98 Å². The molecule has 0 aliphatic rings. The van der Waals surface area contributed by atoms with E-state index in [9.17, 15) is 4.79 Å². The first-order chi connectivity index (χ1) is 11.7. The van der Waals surface area contributed by atoms with Crippen molar-refractivity contribution in [2.45, 2.75) is 13.0 Å². The number of carbonyl (C=O) groups is 1. The van der Waals surface area contributed by atoms with Crippen LogP contribution in [-0.4, -0.2) is 33.7 Å². The van der Waals surface area contributed by atoms with E-state index in [-0.39, 0.29) is 11.9 Å². The molecule has 24 heavy (non-hydrogen) atoms. The van der Waals surface area contributed by atoms with Crippen molar-refractivity contribution < 1.29 is 4.79 Å². The van der Waals surface area contributed by atoms with Crippen molar-refractivity contribution in [2.75, 3.05) is 11.9 Å². The van der Waals surface area contributed by atoms with Crippen molar-refractivity contribution in [3.63, 3.8) is 0 Å². The first-order valence-corrected chi connectivity index (χ1v) is 7.78. The number of para-hydroxylation sites is 1. The molecule has 0 saturated heterocycles. The molecule has 6 nitrogen and oxygen atoms in total. The molecular formula is C18H19N5O. The summed E-state index contributed by atoms with van der Waals surface area (Å²) in [4.78, 5) is 16.4. The molecule has 0 saturated carbocycles. The number of aromatic nitrogens is 3. The summed E-state index contributed by atoms with van der Waals surface area (Å²) in [6.45, 7) is 2.55. The summed E-state index contributed by atoms with van der Waals surface area (Å²) < 4.78 is 0. The van der Waals surface area contributed by atoms with Gasteiger partial charge in [-0.15, -0.1) is 0 Å². The van der Waals surface area contributed by atoms with Crippen molar-refractivity contribution in [1.29, 1.82) is 0 Å². The number of amides is 1. The van der Waals surface area contributed by atoms with Gasteiger partial charge in [0, 0.05) is 29.4 Å². The smallest absolute Gasteiger partial charge is 0.251 e. The third-order valence-electron chi connectivity index (χ3n) is 3.57. The van der Waals surface area contributed by atoms with E-state index >= 15 is 0 Å². The topological polar surface area (TPSA) is 82.7 Å². The second-order valence-electron chi connectivity index (χ2n) is 5.54. The van der Waals surface area contributed by atoms with Crippen LogP contribution in [0.3, 0.4) is 0 Å². The third-order valence-corrected chi connectivity index (χ3v) is 3.57. The number of anilines is 1. The Balaban J connectivity index is 1.58. The molecular weight excluding hydrogens is 302 g/mol. The normalized spacial score (nSPS) is 11.7. The molecule has 0 radical (unpaired) electrons. The first kappa shape index (κ1) is 15.7. The Morgan fingerprint density at radius 3 is 2.75 bits per heavy atom. The maximum absolute atomic E-state index is 12.3. The van der Waals surface area contributed by atoms with Crippen LogP contribution in [0.2, 0.25) is 0 Å². The van der Waals surface area contributed by atoms with Gasteiger partial charge in [0.05, 0.1) is 0 Å². The zero-order valence-corrected chi connectivity index (χ0v) is 13.4. The average Bonchev–Trinajstić information content (AvgIpc) is 3.15. The molecule has 3 N–H and O–H groups in total. The van der Waals surface area contributed by atoms with Gasteiger partial charge in [-0.05, 0) is 31.2 Å². The second-order valence-corrected chi connectivity index (χ2v) is 5.54. The molecule has 2 aromatic carbocycles. The quantitative estimate of drug-likeness (QED) is 0.652. The monoisotopic (exact) mass is 321 g/mol. The lowest BCUT2D eigenvalue weighted by molar-refractivity contribution is 0.0952. The molecule has 1 atom stereocenters. The predicted molar refractivity (Wildman–Crippen MR) is 93.7 cm³/mol. The largest absolute Gasteiger partial charge is 0.381 e. The summed E-state index contributed by atoms with van der Waals surface area (Å²) in [6.07, 6.45) is 1.44. The number of rotatable bonds is 6. The molecule has 3 rings (SSSR count). The van der Waals surface area contributed by atoms with Gasteiger partial charge in [-0.1, -0.05) is 30.3 Å². The Bertz CT molecular complexity index is 786. The number of carbonyl (C=O) groups excluding carboxylic acids is 1. The summed E-state index contributed by atoms with van der Waals surface area (Å²) in [5, 5.41) is 12.9. The van der Waals surface area contributed by atoms with Gasteiger partial charge in [0.15, 0.2) is 5.82 Å². The number of hydrogen-bond donors (Lipinski definition) is 3. The van der Waals surface area contributed by atoms with E-state index in [0.717, 1.165) is 11.3 Å². The predicted octanol–water partition coefficient (Wildman–Crippen LogP) is 2.70. The second kappa shape index (κ2) is 7.41. The fraction of sp³-hybridized carbons (Fsp3) is 0.167. The van der Waals surface area contributed by atoms with E-state index < -0.39 is 0 Å². The standard InChI is InChI=1S/C18H19N5O/c1-13(22-16-8-3-2-4-9-16)11-19-18(24)15-7-5-6-14(10-15)17-20-12-21-23-17/h2-10,12-13,22H,11H2,1H3,(H,19,24)(H,20,21,23)/t13-/m1/s1. The van der Waals surface area contributed by atoms with Crippen LogP contribution in [0.15, 0.2) is 60.9 Å². The minimum absolute atomic E-state index is 0.113.